The van der Waals surface area contributed by atoms with E-state index in [1.165, 1.54) is 0 Å². The fraction of sp³-hybridized carbons (Fsp3) is 0.464. The first-order valence-corrected chi connectivity index (χ1v) is 24.5. The Bertz CT molecular complexity index is 2310. The van der Waals surface area contributed by atoms with Crippen LogP contribution in [0, 0.1) is 17.8 Å². The van der Waals surface area contributed by atoms with Crippen molar-refractivity contribution in [1.82, 2.24) is 4.90 Å². The van der Waals surface area contributed by atoms with Gasteiger partial charge in [-0.3, -0.25) is 4.79 Å². The molecular weight excluding hydrogens is 845 g/mol. The summed E-state index contributed by atoms with van der Waals surface area (Å²) in [7, 11) is 1.63. The Balaban J connectivity index is 1.28. The van der Waals surface area contributed by atoms with Gasteiger partial charge in [-0.1, -0.05) is 91.7 Å². The number of allylic oxidation sites excluding steroid dienone is 1. The number of rotatable bonds is 22. The molecule has 11 nitrogen and oxygen atoms in total. The Morgan fingerprint density at radius 2 is 1.67 bits per heavy atom. The van der Waals surface area contributed by atoms with Gasteiger partial charge in [-0.05, 0) is 122 Å². The van der Waals surface area contributed by atoms with Crippen LogP contribution in [-0.2, 0) is 25.5 Å². The smallest absolute Gasteiger partial charge is 0.239 e. The van der Waals surface area contributed by atoms with Gasteiger partial charge in [0.1, 0.15) is 29.0 Å². The van der Waals surface area contributed by atoms with Crippen LogP contribution in [0.2, 0.25) is 0 Å². The fourth-order valence-corrected chi connectivity index (χ4v) is 10.9. The average Bonchev–Trinajstić information content (AvgIpc) is 3.36. The third-order valence-corrected chi connectivity index (χ3v) is 13.9. The number of benzene rings is 4. The van der Waals surface area contributed by atoms with Gasteiger partial charge in [-0.2, -0.15) is 0 Å². The summed E-state index contributed by atoms with van der Waals surface area (Å²) < 4.78 is 32.9. The van der Waals surface area contributed by atoms with Gasteiger partial charge in [0.25, 0.3) is 0 Å². The van der Waals surface area contributed by atoms with Crippen LogP contribution in [0.1, 0.15) is 94.6 Å². The minimum Gasteiger partial charge on any atom is -0.497 e. The van der Waals surface area contributed by atoms with Crippen LogP contribution < -0.4 is 14.2 Å². The van der Waals surface area contributed by atoms with Gasteiger partial charge in [0.05, 0.1) is 38.4 Å². The van der Waals surface area contributed by atoms with Gasteiger partial charge >= 0.3 is 0 Å². The van der Waals surface area contributed by atoms with E-state index in [4.69, 9.17) is 33.7 Å². The van der Waals surface area contributed by atoms with Crippen LogP contribution in [0.5, 0.6) is 23.0 Å². The number of oxime groups is 1. The van der Waals surface area contributed by atoms with Gasteiger partial charge in [0.2, 0.25) is 18.0 Å². The zero-order chi connectivity index (χ0) is 46.6. The number of methoxy groups -OCH3 is 1. The van der Waals surface area contributed by atoms with E-state index in [1.807, 2.05) is 71.6 Å². The summed E-state index contributed by atoms with van der Waals surface area (Å²) in [6, 6.07) is 31.5. The topological polar surface area (TPSA) is 129 Å². The number of fused-ring (bicyclic) bond motifs is 2. The van der Waals surface area contributed by atoms with Crippen LogP contribution >= 0.6 is 0 Å². The highest BCUT2D eigenvalue weighted by Gasteiger charge is 2.65. The van der Waals surface area contributed by atoms with E-state index >= 15 is 4.79 Å². The van der Waals surface area contributed by atoms with E-state index in [1.54, 1.807) is 13.2 Å². The molecule has 0 aromatic heterocycles. The molecule has 4 aliphatic rings. The largest absolute Gasteiger partial charge is 0.497 e. The van der Waals surface area contributed by atoms with Crippen molar-refractivity contribution in [2.45, 2.75) is 108 Å². The second-order valence-corrected chi connectivity index (χ2v) is 18.3. The maximum Gasteiger partial charge on any atom is 0.239 e. The lowest BCUT2D eigenvalue weighted by Gasteiger charge is -2.60. The Hall–Kier alpha value is -5.46. The summed E-state index contributed by atoms with van der Waals surface area (Å²) in [6.07, 6.45) is 12.2. The van der Waals surface area contributed by atoms with Gasteiger partial charge in [0, 0.05) is 44.1 Å². The van der Waals surface area contributed by atoms with Crippen molar-refractivity contribution in [3.63, 3.8) is 0 Å². The molecule has 0 bridgehead atoms. The number of carbonyl (C=O) groups is 1. The lowest BCUT2D eigenvalue weighted by molar-refractivity contribution is -0.257. The summed E-state index contributed by atoms with van der Waals surface area (Å²) in [5.41, 5.74) is 5.81. The van der Waals surface area contributed by atoms with Gasteiger partial charge in [0.15, 0.2) is 0 Å². The molecule has 4 aromatic rings. The number of unbranched alkanes of at least 4 members (excludes halogenated alkanes) is 2. The Morgan fingerprint density at radius 3 is 2.40 bits per heavy atom. The van der Waals surface area contributed by atoms with E-state index in [0.29, 0.717) is 61.8 Å². The molecule has 2 aliphatic heterocycles. The third kappa shape index (κ3) is 11.0. The number of aliphatic hydroxyl groups is 2. The molecule has 7 atom stereocenters. The summed E-state index contributed by atoms with van der Waals surface area (Å²) in [4.78, 5) is 23.3. The molecule has 1 saturated carbocycles. The summed E-state index contributed by atoms with van der Waals surface area (Å²) in [5, 5.41) is 25.1. The van der Waals surface area contributed by atoms with Gasteiger partial charge in [-0.25, -0.2) is 0 Å². The highest BCUT2D eigenvalue weighted by atomic mass is 16.8. The van der Waals surface area contributed by atoms with Crippen molar-refractivity contribution in [3.8, 4) is 34.1 Å². The fourth-order valence-electron chi connectivity index (χ4n) is 10.9. The normalized spacial score (nSPS) is 24.7. The first-order valence-electron chi connectivity index (χ1n) is 24.5. The summed E-state index contributed by atoms with van der Waals surface area (Å²) >= 11 is 0. The lowest BCUT2D eigenvalue weighted by Crippen LogP contribution is -2.70. The van der Waals surface area contributed by atoms with Crippen molar-refractivity contribution in [2.75, 3.05) is 40.1 Å². The van der Waals surface area contributed by atoms with Crippen LogP contribution in [0.4, 0.5) is 0 Å². The van der Waals surface area contributed by atoms with E-state index in [0.717, 1.165) is 78.5 Å². The molecular formula is C56H68N2O9. The van der Waals surface area contributed by atoms with E-state index < -0.39 is 24.0 Å². The highest BCUT2D eigenvalue weighted by molar-refractivity contribution is 6.03. The zero-order valence-corrected chi connectivity index (χ0v) is 39.2. The molecule has 1 amide bonds. The molecule has 2 N–H and O–H groups in total. The molecule has 356 valence electrons. The first-order chi connectivity index (χ1) is 32.9. The third-order valence-electron chi connectivity index (χ3n) is 13.9. The molecule has 8 rings (SSSR count). The standard InChI is InChI=1S/C56H68N2O9/c1-4-29-58(52(61)35-39-16-15-20-44(34-39)62-3)51-38-49(57-67-53-22-11-14-33-63-53)47-36-42(19-9-12-30-59)46(21-10-13-31-60)54-48-37-45(27-28-50(48)66-56(51,55(47)54)64-32-5-2)65-43-25-23-41(24-26-43)40-17-7-6-8-18-40/h5-8,15-18,20,23-28,34,36-37,42,46,51,53-55,59-60H,2,4,9-14,19,21-22,29-33,35,38H2,1,3H3/t42-,46+,51-,53?,54+,55+,56+/m0/s1. The maximum atomic E-state index is 15.0. The second kappa shape index (κ2) is 23.0. The highest BCUT2D eigenvalue weighted by Crippen LogP contribution is 2.62. The van der Waals surface area contributed by atoms with Crippen molar-refractivity contribution in [3.05, 3.63) is 132 Å². The predicted octanol–water partition coefficient (Wildman–Crippen LogP) is 10.8. The van der Waals surface area contributed by atoms with Gasteiger partial charge in [-0.15, -0.1) is 6.58 Å². The SMILES string of the molecule is C=CCO[C@@]12Oc3ccc(Oc4ccc(-c5ccccc5)cc4)cc3[C@H]3[C@H](CCCCO)[C@@H](CCCCO)C=C(C(=NOC4CCCCO4)C[C@@H]1N(CCC)C(=O)Cc1cccc(OC)c1)[C@H]32. The predicted molar refractivity (Wildman–Crippen MR) is 260 cm³/mol. The minimum atomic E-state index is -1.36. The molecule has 2 heterocycles. The zero-order valence-electron chi connectivity index (χ0n) is 39.2. The van der Waals surface area contributed by atoms with Crippen molar-refractivity contribution < 1.29 is 43.5 Å². The molecule has 1 saturated heterocycles. The number of nitrogens with zero attached hydrogens (tertiary/aromatic N) is 2. The van der Waals surface area contributed by atoms with Crippen LogP contribution in [0.15, 0.2) is 127 Å². The molecule has 67 heavy (non-hydrogen) atoms. The monoisotopic (exact) mass is 912 g/mol. The number of ether oxygens (including phenoxy) is 5. The molecule has 11 heteroatoms. The number of aliphatic hydroxyl groups excluding tert-OH is 2. The Kier molecular flexibility index (Phi) is 16.5. The number of amides is 1. The quantitative estimate of drug-likeness (QED) is 0.0450. The Morgan fingerprint density at radius 1 is 0.896 bits per heavy atom. The molecule has 4 aromatic carbocycles. The van der Waals surface area contributed by atoms with E-state index in [2.05, 4.69) is 49.9 Å². The Labute approximate surface area is 396 Å². The number of carbonyl (C=O) groups excluding carboxylic acids is 1. The molecule has 2 aliphatic carbocycles. The average molecular weight is 913 g/mol. The van der Waals surface area contributed by atoms with Crippen molar-refractivity contribution in [1.29, 1.82) is 0 Å². The first kappa shape index (κ1) is 48.0. The van der Waals surface area contributed by atoms with E-state index in [-0.39, 0.29) is 49.9 Å². The lowest BCUT2D eigenvalue weighted by atomic mass is 9.55. The molecule has 0 radical (unpaired) electrons. The molecule has 0 spiro atoms. The summed E-state index contributed by atoms with van der Waals surface area (Å²) in [6.45, 7) is 7.65. The van der Waals surface area contributed by atoms with Crippen LogP contribution in [0.3, 0.4) is 0 Å². The van der Waals surface area contributed by atoms with Gasteiger partial charge < -0.3 is 43.6 Å². The van der Waals surface area contributed by atoms with E-state index in [9.17, 15) is 10.2 Å². The molecule has 2 fully saturated rings. The summed E-state index contributed by atoms with van der Waals surface area (Å²) in [5.74, 6) is 0.866. The minimum absolute atomic E-state index is 0.0600. The number of hydrogen-bond donors (Lipinski definition) is 2. The van der Waals surface area contributed by atoms with Crippen molar-refractivity contribution in [2.24, 2.45) is 22.9 Å². The van der Waals surface area contributed by atoms with Crippen LogP contribution in [0.25, 0.3) is 11.1 Å². The maximum absolute atomic E-state index is 15.0. The molecule has 1 unspecified atom stereocenters. The number of hydrogen-bond acceptors (Lipinski definition) is 10. The van der Waals surface area contributed by atoms with Crippen molar-refractivity contribution >= 4 is 11.6 Å². The van der Waals surface area contributed by atoms with Crippen LogP contribution in [-0.4, -0.2) is 84.9 Å². The second-order valence-electron chi connectivity index (χ2n) is 18.3.